The van der Waals surface area contributed by atoms with Gasteiger partial charge in [0, 0.05) is 17.6 Å². The minimum absolute atomic E-state index is 0. The van der Waals surface area contributed by atoms with Gasteiger partial charge in [0.1, 0.15) is 12.3 Å². The molecule has 1 heterocycles. The Morgan fingerprint density at radius 2 is 2.25 bits per heavy atom. The molecular weight excluding hydrogens is 350 g/mol. The molecule has 2 rings (SSSR count). The van der Waals surface area contributed by atoms with Crippen molar-refractivity contribution in [2.75, 3.05) is 31.1 Å². The van der Waals surface area contributed by atoms with E-state index < -0.39 is 0 Å². The second-order valence-electron chi connectivity index (χ2n) is 4.02. The lowest BCUT2D eigenvalue weighted by atomic mass is 10.2. The largest absolute Gasteiger partial charge is 0.482 e. The smallest absolute Gasteiger partial charge is 0.265 e. The van der Waals surface area contributed by atoms with E-state index in [0.29, 0.717) is 24.5 Å². The zero-order valence-electron chi connectivity index (χ0n) is 10.6. The fourth-order valence-corrected chi connectivity index (χ4v) is 2.10. The van der Waals surface area contributed by atoms with Gasteiger partial charge in [-0.1, -0.05) is 15.9 Å². The number of benzene rings is 1. The van der Waals surface area contributed by atoms with Gasteiger partial charge < -0.3 is 15.8 Å². The van der Waals surface area contributed by atoms with Crippen molar-refractivity contribution < 1.29 is 14.3 Å². The number of nitrogens with one attached hydrogen (secondary N) is 1. The summed E-state index contributed by atoms with van der Waals surface area (Å²) in [5.74, 6) is 0.105. The standard InChI is InChI=1S/C12H14BrN3O3.ClH/c13-8-1-2-9-10(5-8)19-7-12(18)16(9)6-11(17)15-4-3-14;/h1-2,5H,3-4,6-7,14H2,(H,15,17);1H. The molecule has 0 unspecified atom stereocenters. The highest BCUT2D eigenvalue weighted by Crippen LogP contribution is 2.34. The molecule has 0 aromatic heterocycles. The zero-order valence-corrected chi connectivity index (χ0v) is 13.0. The van der Waals surface area contributed by atoms with Crippen LogP contribution < -0.4 is 20.7 Å². The maximum atomic E-state index is 11.8. The van der Waals surface area contributed by atoms with Crippen LogP contribution in [0.5, 0.6) is 5.75 Å². The van der Waals surface area contributed by atoms with Gasteiger partial charge in [-0.2, -0.15) is 0 Å². The van der Waals surface area contributed by atoms with Crippen LogP contribution in [0.25, 0.3) is 0 Å². The zero-order chi connectivity index (χ0) is 13.8. The molecule has 0 spiro atoms. The highest BCUT2D eigenvalue weighted by Gasteiger charge is 2.27. The molecule has 0 aliphatic carbocycles. The van der Waals surface area contributed by atoms with Crippen LogP contribution in [-0.2, 0) is 9.59 Å². The highest BCUT2D eigenvalue weighted by atomic mass is 79.9. The van der Waals surface area contributed by atoms with Crippen LogP contribution in [0.2, 0.25) is 0 Å². The van der Waals surface area contributed by atoms with Gasteiger partial charge in [0.2, 0.25) is 5.91 Å². The number of halogens is 2. The van der Waals surface area contributed by atoms with Crippen molar-refractivity contribution >= 4 is 45.8 Å². The van der Waals surface area contributed by atoms with E-state index in [-0.39, 0.29) is 37.4 Å². The number of nitrogens with zero attached hydrogens (tertiary/aromatic N) is 1. The average Bonchev–Trinajstić information content (AvgIpc) is 2.39. The summed E-state index contributed by atoms with van der Waals surface area (Å²) in [6.07, 6.45) is 0. The van der Waals surface area contributed by atoms with Crippen molar-refractivity contribution in [1.29, 1.82) is 0 Å². The summed E-state index contributed by atoms with van der Waals surface area (Å²) in [7, 11) is 0. The highest BCUT2D eigenvalue weighted by molar-refractivity contribution is 9.10. The quantitative estimate of drug-likeness (QED) is 0.822. The molecule has 1 aromatic rings. The molecule has 0 fully saturated rings. The van der Waals surface area contributed by atoms with Crippen LogP contribution in [0, 0.1) is 0 Å². The van der Waals surface area contributed by atoms with Crippen LogP contribution >= 0.6 is 28.3 Å². The van der Waals surface area contributed by atoms with Crippen LogP contribution in [0.15, 0.2) is 22.7 Å². The fourth-order valence-electron chi connectivity index (χ4n) is 1.76. The van der Waals surface area contributed by atoms with Crippen molar-refractivity contribution in [3.8, 4) is 5.75 Å². The summed E-state index contributed by atoms with van der Waals surface area (Å²) >= 11 is 3.33. The Morgan fingerprint density at radius 3 is 2.95 bits per heavy atom. The Kier molecular flexibility index (Phi) is 6.25. The second-order valence-corrected chi connectivity index (χ2v) is 4.93. The van der Waals surface area contributed by atoms with E-state index in [0.717, 1.165) is 4.47 Å². The number of rotatable bonds is 4. The van der Waals surface area contributed by atoms with E-state index in [2.05, 4.69) is 21.2 Å². The van der Waals surface area contributed by atoms with Gasteiger partial charge >= 0.3 is 0 Å². The van der Waals surface area contributed by atoms with Crippen LogP contribution in [0.1, 0.15) is 0 Å². The minimum atomic E-state index is -0.241. The maximum absolute atomic E-state index is 11.8. The molecule has 6 nitrogen and oxygen atoms in total. The summed E-state index contributed by atoms with van der Waals surface area (Å²) in [4.78, 5) is 24.9. The van der Waals surface area contributed by atoms with Crippen molar-refractivity contribution in [3.05, 3.63) is 22.7 Å². The number of carbonyl (C=O) groups is 2. The summed E-state index contributed by atoms with van der Waals surface area (Å²) < 4.78 is 6.19. The Morgan fingerprint density at radius 1 is 1.50 bits per heavy atom. The number of hydrogen-bond donors (Lipinski definition) is 2. The van der Waals surface area contributed by atoms with E-state index in [4.69, 9.17) is 10.5 Å². The van der Waals surface area contributed by atoms with Gasteiger partial charge in [0.05, 0.1) is 5.69 Å². The van der Waals surface area contributed by atoms with Gasteiger partial charge in [-0.25, -0.2) is 0 Å². The number of carbonyl (C=O) groups excluding carboxylic acids is 2. The van der Waals surface area contributed by atoms with Gasteiger partial charge in [-0.3, -0.25) is 14.5 Å². The molecule has 110 valence electrons. The number of hydrogen-bond acceptors (Lipinski definition) is 4. The molecular formula is C12H15BrClN3O3. The molecule has 2 amide bonds. The normalized spacial score (nSPS) is 13.1. The topological polar surface area (TPSA) is 84.7 Å². The molecule has 8 heteroatoms. The predicted molar refractivity (Wildman–Crippen MR) is 81.3 cm³/mol. The first-order chi connectivity index (χ1) is 9.11. The monoisotopic (exact) mass is 363 g/mol. The van der Waals surface area contributed by atoms with Crippen molar-refractivity contribution in [2.45, 2.75) is 0 Å². The Labute approximate surface area is 131 Å². The molecule has 1 aliphatic heterocycles. The summed E-state index contributed by atoms with van der Waals surface area (Å²) in [5, 5.41) is 2.63. The number of nitrogens with two attached hydrogens (primary N) is 1. The van der Waals surface area contributed by atoms with Crippen molar-refractivity contribution in [1.82, 2.24) is 5.32 Å². The van der Waals surface area contributed by atoms with Gasteiger partial charge in [0.15, 0.2) is 6.61 Å². The first kappa shape index (κ1) is 16.7. The predicted octanol–water partition coefficient (Wildman–Crippen LogP) is 0.671. The van der Waals surface area contributed by atoms with Gasteiger partial charge in [-0.15, -0.1) is 12.4 Å². The molecule has 1 aromatic carbocycles. The molecule has 0 saturated heterocycles. The van der Waals surface area contributed by atoms with E-state index in [1.807, 2.05) is 0 Å². The third-order valence-electron chi connectivity index (χ3n) is 2.63. The lowest BCUT2D eigenvalue weighted by molar-refractivity contribution is -0.125. The number of amides is 2. The van der Waals surface area contributed by atoms with Gasteiger partial charge in [-0.05, 0) is 18.2 Å². The Bertz CT molecular complexity index is 513. The molecule has 0 saturated carbocycles. The summed E-state index contributed by atoms with van der Waals surface area (Å²) in [6, 6.07) is 5.31. The molecule has 3 N–H and O–H groups in total. The molecule has 0 radical (unpaired) electrons. The van der Waals surface area contributed by atoms with E-state index in [1.54, 1.807) is 18.2 Å². The van der Waals surface area contributed by atoms with Crippen molar-refractivity contribution in [3.63, 3.8) is 0 Å². The molecule has 20 heavy (non-hydrogen) atoms. The summed E-state index contributed by atoms with van der Waals surface area (Å²) in [6.45, 7) is 0.668. The lowest BCUT2D eigenvalue weighted by Gasteiger charge is -2.28. The van der Waals surface area contributed by atoms with E-state index in [9.17, 15) is 9.59 Å². The molecule has 1 aliphatic rings. The first-order valence-electron chi connectivity index (χ1n) is 5.81. The second kappa shape index (κ2) is 7.47. The number of ether oxygens (including phenoxy) is 1. The molecule has 0 bridgehead atoms. The average molecular weight is 365 g/mol. The SMILES string of the molecule is Cl.NCCNC(=O)CN1C(=O)COc2cc(Br)ccc21. The third-order valence-corrected chi connectivity index (χ3v) is 3.13. The number of anilines is 1. The summed E-state index contributed by atoms with van der Waals surface area (Å²) in [5.41, 5.74) is 5.91. The third kappa shape index (κ3) is 3.84. The lowest BCUT2D eigenvalue weighted by Crippen LogP contribution is -2.45. The first-order valence-corrected chi connectivity index (χ1v) is 6.60. The maximum Gasteiger partial charge on any atom is 0.265 e. The van der Waals surface area contributed by atoms with Crippen LogP contribution in [0.4, 0.5) is 5.69 Å². The molecule has 0 atom stereocenters. The Balaban J connectivity index is 0.00000200. The van der Waals surface area contributed by atoms with Crippen molar-refractivity contribution in [2.24, 2.45) is 5.73 Å². The van der Waals surface area contributed by atoms with E-state index >= 15 is 0 Å². The fraction of sp³-hybridized carbons (Fsp3) is 0.333. The van der Waals surface area contributed by atoms with Crippen LogP contribution in [-0.4, -0.2) is 38.1 Å². The Hall–Kier alpha value is -1.31. The van der Waals surface area contributed by atoms with Gasteiger partial charge in [0.25, 0.3) is 5.91 Å². The van der Waals surface area contributed by atoms with E-state index in [1.165, 1.54) is 4.90 Å². The number of fused-ring (bicyclic) bond motifs is 1. The van der Waals surface area contributed by atoms with Crippen LogP contribution in [0.3, 0.4) is 0 Å². The minimum Gasteiger partial charge on any atom is -0.482 e.